The first-order chi connectivity index (χ1) is 18.7. The molecule has 0 unspecified atom stereocenters. The molecule has 0 atom stereocenters. The smallest absolute Gasteiger partial charge is 0.355 e. The lowest BCUT2D eigenvalue weighted by Crippen LogP contribution is -2.14. The molecule has 0 spiro atoms. The highest BCUT2D eigenvalue weighted by molar-refractivity contribution is 7.89. The van der Waals surface area contributed by atoms with Gasteiger partial charge in [-0.25, -0.2) is 27.7 Å². The van der Waals surface area contributed by atoms with E-state index in [9.17, 15) is 22.7 Å². The van der Waals surface area contributed by atoms with E-state index >= 15 is 0 Å². The molecule has 0 aliphatic heterocycles. The molecule has 37 heavy (non-hydrogen) atoms. The fourth-order valence-corrected chi connectivity index (χ4v) is 5.99. The van der Waals surface area contributed by atoms with Crippen molar-refractivity contribution in [2.45, 2.75) is 44.5 Å². The molecule has 1 fully saturated rings. The lowest BCUT2D eigenvalue weighted by atomic mass is 10.1. The summed E-state index contributed by atoms with van der Waals surface area (Å²) in [5.74, 6) is -1.68. The van der Waals surface area contributed by atoms with E-state index in [1.54, 1.807) is 25.1 Å². The van der Waals surface area contributed by atoms with Gasteiger partial charge >= 0.3 is 5.97 Å². The van der Waals surface area contributed by atoms with Crippen LogP contribution in [-0.4, -0.2) is 29.0 Å². The van der Waals surface area contributed by atoms with Gasteiger partial charge in [0.25, 0.3) is 0 Å². The number of nitrogens with two attached hydrogens (primary N) is 1. The lowest BCUT2D eigenvalue weighted by molar-refractivity contribution is 0.0690. The van der Waals surface area contributed by atoms with Crippen molar-refractivity contribution in [1.82, 2.24) is 9.55 Å². The summed E-state index contributed by atoms with van der Waals surface area (Å²) >= 11 is 1.26. The molecule has 1 saturated carbocycles. The third-order valence-electron chi connectivity index (χ3n) is 6.42. The molecule has 1 aliphatic rings. The molecule has 4 aromatic rings. The summed E-state index contributed by atoms with van der Waals surface area (Å²) in [4.78, 5) is 16.1. The standard InChI is InChI=1S/C27H26FN3O4S2/c1-15-4-3-5-19(10-15)22-13-20(26-30-25(27(32)33)16(2)36-26)23(12-17-6-7-17)31(22)14-18-8-9-24(21(28)11-18)37(29,34)35/h3-5,8-11,13,17H,6-7,12,14H2,1-2H3,(H,32,33)(H2,29,34,35)/i1D3. The Bertz CT molecular complexity index is 1740. The highest BCUT2D eigenvalue weighted by Crippen LogP contribution is 2.41. The van der Waals surface area contributed by atoms with Crippen LogP contribution in [0.4, 0.5) is 4.39 Å². The van der Waals surface area contributed by atoms with Gasteiger partial charge in [0.1, 0.15) is 15.7 Å². The van der Waals surface area contributed by atoms with Crippen molar-refractivity contribution >= 4 is 27.3 Å². The highest BCUT2D eigenvalue weighted by Gasteiger charge is 2.29. The van der Waals surface area contributed by atoms with Crippen LogP contribution in [0.1, 0.15) is 49.1 Å². The summed E-state index contributed by atoms with van der Waals surface area (Å²) in [5, 5.41) is 15.2. The maximum absolute atomic E-state index is 14.8. The number of thiazole rings is 1. The lowest BCUT2D eigenvalue weighted by Gasteiger charge is -2.16. The van der Waals surface area contributed by atoms with Gasteiger partial charge in [-0.15, -0.1) is 11.3 Å². The van der Waals surface area contributed by atoms with Crippen LogP contribution in [0.15, 0.2) is 53.4 Å². The van der Waals surface area contributed by atoms with Crippen molar-refractivity contribution in [3.8, 4) is 21.8 Å². The van der Waals surface area contributed by atoms with Crippen molar-refractivity contribution in [1.29, 1.82) is 0 Å². The molecular weight excluding hydrogens is 513 g/mol. The predicted molar refractivity (Wildman–Crippen MR) is 141 cm³/mol. The largest absolute Gasteiger partial charge is 0.476 e. The van der Waals surface area contributed by atoms with Gasteiger partial charge in [-0.3, -0.25) is 0 Å². The number of aryl methyl sites for hydroxylation is 2. The van der Waals surface area contributed by atoms with Crippen LogP contribution >= 0.6 is 11.3 Å². The van der Waals surface area contributed by atoms with Gasteiger partial charge in [-0.1, -0.05) is 29.8 Å². The van der Waals surface area contributed by atoms with Gasteiger partial charge in [0, 0.05) is 32.5 Å². The molecule has 2 aromatic carbocycles. The molecule has 5 rings (SSSR count). The van der Waals surface area contributed by atoms with Crippen LogP contribution in [0.2, 0.25) is 0 Å². The Hall–Kier alpha value is -3.34. The van der Waals surface area contributed by atoms with Crippen molar-refractivity contribution in [3.63, 3.8) is 0 Å². The Labute approximate surface area is 222 Å². The predicted octanol–water partition coefficient (Wildman–Crippen LogP) is 5.38. The fourth-order valence-electron chi connectivity index (χ4n) is 4.45. The molecule has 2 heterocycles. The van der Waals surface area contributed by atoms with Crippen LogP contribution in [0.3, 0.4) is 0 Å². The highest BCUT2D eigenvalue weighted by atomic mass is 32.2. The number of sulfonamides is 1. The molecule has 192 valence electrons. The first-order valence-corrected chi connectivity index (χ1v) is 13.9. The number of primary sulfonamides is 1. The summed E-state index contributed by atoms with van der Waals surface area (Å²) < 4.78 is 63.8. The minimum atomic E-state index is -4.24. The minimum absolute atomic E-state index is 0.0308. The Balaban J connectivity index is 1.72. The van der Waals surface area contributed by atoms with Gasteiger partial charge in [-0.05, 0) is 74.3 Å². The topological polar surface area (TPSA) is 115 Å². The van der Waals surface area contributed by atoms with Crippen LogP contribution in [0.5, 0.6) is 0 Å². The number of benzene rings is 2. The molecule has 7 nitrogen and oxygen atoms in total. The molecule has 1 aliphatic carbocycles. The zero-order chi connectivity index (χ0) is 29.0. The maximum Gasteiger partial charge on any atom is 0.355 e. The normalized spacial score (nSPS) is 15.3. The number of aromatic carboxylic acids is 1. The van der Waals surface area contributed by atoms with Gasteiger partial charge in [-0.2, -0.15) is 0 Å². The second kappa shape index (κ2) is 9.51. The number of halogens is 1. The second-order valence-electron chi connectivity index (χ2n) is 9.24. The summed E-state index contributed by atoms with van der Waals surface area (Å²) in [6.45, 7) is -0.491. The molecule has 10 heteroatoms. The molecule has 0 amide bonds. The first-order valence-electron chi connectivity index (χ1n) is 13.1. The molecule has 0 saturated heterocycles. The first kappa shape index (κ1) is 21.7. The van der Waals surface area contributed by atoms with Gasteiger partial charge in [0.15, 0.2) is 5.69 Å². The Morgan fingerprint density at radius 1 is 1.27 bits per heavy atom. The van der Waals surface area contributed by atoms with Gasteiger partial charge in [0.05, 0.1) is 0 Å². The van der Waals surface area contributed by atoms with E-state index in [2.05, 4.69) is 4.98 Å². The van der Waals surface area contributed by atoms with Crippen LogP contribution in [-0.2, 0) is 23.0 Å². The van der Waals surface area contributed by atoms with E-state index in [0.29, 0.717) is 39.0 Å². The summed E-state index contributed by atoms with van der Waals surface area (Å²) in [6, 6.07) is 12.2. The number of hydrogen-bond acceptors (Lipinski definition) is 5. The third-order valence-corrected chi connectivity index (χ3v) is 8.37. The van der Waals surface area contributed by atoms with E-state index in [0.717, 1.165) is 36.2 Å². The van der Waals surface area contributed by atoms with E-state index in [1.807, 2.05) is 10.6 Å². The number of carbonyl (C=O) groups is 1. The average molecular weight is 543 g/mol. The van der Waals surface area contributed by atoms with Gasteiger partial charge < -0.3 is 9.67 Å². The average Bonchev–Trinajstić information content (AvgIpc) is 3.49. The Morgan fingerprint density at radius 2 is 2.05 bits per heavy atom. The number of aromatic nitrogens is 2. The summed E-state index contributed by atoms with van der Waals surface area (Å²) in [7, 11) is -4.24. The Kier molecular flexibility index (Phi) is 5.58. The monoisotopic (exact) mass is 542 g/mol. The van der Waals surface area contributed by atoms with Gasteiger partial charge in [0.2, 0.25) is 10.0 Å². The zero-order valence-electron chi connectivity index (χ0n) is 22.9. The number of carboxylic acid groups (broad SMARTS) is 1. The van der Waals surface area contributed by atoms with Crippen molar-refractivity contribution < 1.29 is 26.8 Å². The van der Waals surface area contributed by atoms with Crippen molar-refractivity contribution in [2.75, 3.05) is 0 Å². The van der Waals surface area contributed by atoms with Crippen LogP contribution in [0.25, 0.3) is 21.8 Å². The molecular formula is C27H26FN3O4S2. The summed E-state index contributed by atoms with van der Waals surface area (Å²) in [5.41, 5.74) is 3.45. The SMILES string of the molecule is [2H]C([2H])([2H])c1cccc(-c2cc(-c3nc(C(=O)O)c(C)s3)c(CC3CC3)n2Cc2ccc(S(N)(=O)=O)c(F)c2)c1. The van der Waals surface area contributed by atoms with E-state index in [-0.39, 0.29) is 17.8 Å². The minimum Gasteiger partial charge on any atom is -0.476 e. The number of hydrogen-bond donors (Lipinski definition) is 2. The van der Waals surface area contributed by atoms with E-state index < -0.39 is 33.6 Å². The maximum atomic E-state index is 14.8. The number of nitrogens with zero attached hydrogens (tertiary/aromatic N) is 2. The second-order valence-corrected chi connectivity index (χ2v) is 12.0. The zero-order valence-corrected chi connectivity index (χ0v) is 21.5. The fraction of sp³-hybridized carbons (Fsp3) is 0.259. The van der Waals surface area contributed by atoms with Crippen molar-refractivity contribution in [2.24, 2.45) is 11.1 Å². The van der Waals surface area contributed by atoms with Crippen LogP contribution < -0.4 is 5.14 Å². The van der Waals surface area contributed by atoms with E-state index in [1.165, 1.54) is 23.5 Å². The quantitative estimate of drug-likeness (QED) is 0.310. The molecule has 3 N–H and O–H groups in total. The number of carboxylic acids is 1. The summed E-state index contributed by atoms with van der Waals surface area (Å²) in [6.07, 6.45) is 2.72. The molecule has 0 radical (unpaired) electrons. The Morgan fingerprint density at radius 3 is 2.68 bits per heavy atom. The molecule has 2 aromatic heterocycles. The van der Waals surface area contributed by atoms with E-state index in [4.69, 9.17) is 9.25 Å². The molecule has 0 bridgehead atoms. The number of rotatable bonds is 8. The van der Waals surface area contributed by atoms with Crippen LogP contribution in [0, 0.1) is 25.5 Å². The third kappa shape index (κ3) is 5.22. The van der Waals surface area contributed by atoms with Crippen molar-refractivity contribution in [3.05, 3.63) is 81.7 Å².